The van der Waals surface area contributed by atoms with Gasteiger partial charge in [-0.3, -0.25) is 0 Å². The third-order valence-electron chi connectivity index (χ3n) is 8.46. The second kappa shape index (κ2) is 9.37. The molecule has 0 saturated heterocycles. The number of furan rings is 1. The molecule has 0 spiro atoms. The van der Waals surface area contributed by atoms with Crippen molar-refractivity contribution in [3.05, 3.63) is 152 Å². The normalized spacial score (nSPS) is 11.9. The molecule has 3 nitrogen and oxygen atoms in total. The van der Waals surface area contributed by atoms with Crippen LogP contribution in [-0.2, 0) is 0 Å². The van der Waals surface area contributed by atoms with E-state index in [9.17, 15) is 0 Å². The van der Waals surface area contributed by atoms with E-state index in [-0.39, 0.29) is 0 Å². The van der Waals surface area contributed by atoms with Gasteiger partial charge in [0.25, 0.3) is 0 Å². The molecule has 0 fully saturated rings. The Hall–Kier alpha value is -5.80. The number of benzene rings is 7. The number of rotatable bonds is 4. The van der Waals surface area contributed by atoms with E-state index in [2.05, 4.69) is 138 Å². The number of hydrogen-bond acceptors (Lipinski definition) is 3. The molecule has 0 saturated carbocycles. The zero-order valence-electron chi connectivity index (χ0n) is 23.2. The van der Waals surface area contributed by atoms with Gasteiger partial charge in [-0.1, -0.05) is 97.1 Å². The highest BCUT2D eigenvalue weighted by atomic mass is 16.5. The minimum atomic E-state index is 0.874. The Morgan fingerprint density at radius 3 is 2.07 bits per heavy atom. The molecule has 0 aliphatic carbocycles. The van der Waals surface area contributed by atoms with Crippen LogP contribution >= 0.6 is 0 Å². The molecule has 7 aromatic carbocycles. The van der Waals surface area contributed by atoms with Gasteiger partial charge >= 0.3 is 0 Å². The molecule has 3 heteroatoms. The summed E-state index contributed by atoms with van der Waals surface area (Å²) in [6, 6.07) is 53.0. The molecule has 9 rings (SSSR count). The summed E-state index contributed by atoms with van der Waals surface area (Å²) < 4.78 is 12.9. The summed E-state index contributed by atoms with van der Waals surface area (Å²) in [7, 11) is 0. The maximum Gasteiger partial charge on any atom is 0.159 e. The Balaban J connectivity index is 1.14. The van der Waals surface area contributed by atoms with Gasteiger partial charge in [-0.2, -0.15) is 0 Å². The number of nitrogens with zero attached hydrogens (tertiary/aromatic N) is 1. The van der Waals surface area contributed by atoms with Crippen molar-refractivity contribution in [3.63, 3.8) is 0 Å². The lowest BCUT2D eigenvalue weighted by Crippen LogP contribution is -2.10. The molecule has 0 amide bonds. The van der Waals surface area contributed by atoms with E-state index in [4.69, 9.17) is 9.15 Å². The van der Waals surface area contributed by atoms with E-state index in [1.165, 1.54) is 16.3 Å². The van der Waals surface area contributed by atoms with E-state index in [0.717, 1.165) is 67.2 Å². The van der Waals surface area contributed by atoms with E-state index in [0.29, 0.717) is 0 Å². The summed E-state index contributed by atoms with van der Waals surface area (Å²) in [6.45, 7) is 0. The Kier molecular flexibility index (Phi) is 5.20. The summed E-state index contributed by atoms with van der Waals surface area (Å²) in [4.78, 5) is 2.27. The average molecular weight is 552 g/mol. The van der Waals surface area contributed by atoms with E-state index < -0.39 is 0 Å². The third-order valence-corrected chi connectivity index (χ3v) is 8.46. The lowest BCUT2D eigenvalue weighted by Gasteiger charge is -2.25. The van der Waals surface area contributed by atoms with Crippen molar-refractivity contribution in [2.75, 3.05) is 4.90 Å². The van der Waals surface area contributed by atoms with Gasteiger partial charge in [0.1, 0.15) is 17.1 Å². The highest BCUT2D eigenvalue weighted by molar-refractivity contribution is 6.10. The van der Waals surface area contributed by atoms with Crippen LogP contribution in [0, 0.1) is 0 Å². The molecule has 8 aromatic rings. The molecule has 0 radical (unpaired) electrons. The molecule has 0 unspecified atom stereocenters. The molecule has 43 heavy (non-hydrogen) atoms. The lowest BCUT2D eigenvalue weighted by molar-refractivity contribution is 0.487. The van der Waals surface area contributed by atoms with Crippen molar-refractivity contribution in [1.29, 1.82) is 0 Å². The van der Waals surface area contributed by atoms with Crippen LogP contribution < -0.4 is 9.64 Å². The fourth-order valence-corrected chi connectivity index (χ4v) is 6.46. The van der Waals surface area contributed by atoms with Crippen LogP contribution in [0.25, 0.3) is 55.0 Å². The molecule has 0 bridgehead atoms. The predicted molar refractivity (Wildman–Crippen MR) is 177 cm³/mol. The van der Waals surface area contributed by atoms with Crippen LogP contribution in [0.2, 0.25) is 0 Å². The standard InChI is InChI=1S/C40H25NO2/c1-2-11-29(12-3-1)41(35-16-8-15-34-31-13-4-5-17-36(31)43-40(34)35)30-22-19-26(20-23-30)28-21-24-32-33-14-6-9-27-10-7-18-37(39(27)33)42-38(32)25-28/h1-25H. The van der Waals surface area contributed by atoms with Gasteiger partial charge < -0.3 is 14.1 Å². The minimum Gasteiger partial charge on any atom is -0.456 e. The van der Waals surface area contributed by atoms with E-state index in [1.807, 2.05) is 18.2 Å². The highest BCUT2D eigenvalue weighted by Gasteiger charge is 2.21. The molecule has 0 atom stereocenters. The molecule has 1 aliphatic rings. The first-order valence-electron chi connectivity index (χ1n) is 14.5. The molecule has 1 aromatic heterocycles. The van der Waals surface area contributed by atoms with E-state index in [1.54, 1.807) is 0 Å². The topological polar surface area (TPSA) is 25.6 Å². The maximum absolute atomic E-state index is 6.44. The van der Waals surface area contributed by atoms with Crippen LogP contribution in [0.5, 0.6) is 11.5 Å². The van der Waals surface area contributed by atoms with Gasteiger partial charge in [0.05, 0.1) is 5.69 Å². The van der Waals surface area contributed by atoms with Crippen LogP contribution in [0.15, 0.2) is 156 Å². The summed E-state index contributed by atoms with van der Waals surface area (Å²) in [5.41, 5.74) is 9.47. The second-order valence-electron chi connectivity index (χ2n) is 10.9. The fourth-order valence-electron chi connectivity index (χ4n) is 6.46. The first-order chi connectivity index (χ1) is 21.3. The average Bonchev–Trinajstić information content (AvgIpc) is 3.45. The summed E-state index contributed by atoms with van der Waals surface area (Å²) in [6.07, 6.45) is 0. The number of hydrogen-bond donors (Lipinski definition) is 0. The van der Waals surface area contributed by atoms with Crippen molar-refractivity contribution < 1.29 is 9.15 Å². The maximum atomic E-state index is 6.44. The molecular weight excluding hydrogens is 526 g/mol. The zero-order chi connectivity index (χ0) is 28.3. The van der Waals surface area contributed by atoms with Gasteiger partial charge in [0, 0.05) is 33.1 Å². The zero-order valence-corrected chi connectivity index (χ0v) is 23.2. The van der Waals surface area contributed by atoms with Crippen LogP contribution in [0.1, 0.15) is 0 Å². The lowest BCUT2D eigenvalue weighted by atomic mass is 9.93. The predicted octanol–water partition coefficient (Wildman–Crippen LogP) is 11.6. The number of fused-ring (bicyclic) bond motifs is 5. The van der Waals surface area contributed by atoms with Crippen LogP contribution in [0.4, 0.5) is 17.1 Å². The first kappa shape index (κ1) is 23.9. The van der Waals surface area contributed by atoms with Crippen molar-refractivity contribution in [3.8, 4) is 33.8 Å². The van der Waals surface area contributed by atoms with Crippen molar-refractivity contribution in [2.24, 2.45) is 0 Å². The van der Waals surface area contributed by atoms with Gasteiger partial charge in [-0.25, -0.2) is 0 Å². The first-order valence-corrected chi connectivity index (χ1v) is 14.5. The molecule has 2 heterocycles. The Morgan fingerprint density at radius 2 is 1.19 bits per heavy atom. The molecule has 202 valence electrons. The van der Waals surface area contributed by atoms with Crippen molar-refractivity contribution >= 4 is 49.8 Å². The Labute approximate surface area is 248 Å². The Morgan fingerprint density at radius 1 is 0.465 bits per heavy atom. The molecule has 1 aliphatic heterocycles. The number of para-hydroxylation sites is 3. The smallest absolute Gasteiger partial charge is 0.159 e. The van der Waals surface area contributed by atoms with Crippen LogP contribution in [-0.4, -0.2) is 0 Å². The molecular formula is C40H25NO2. The van der Waals surface area contributed by atoms with Gasteiger partial charge in [-0.15, -0.1) is 0 Å². The summed E-state index contributed by atoms with van der Waals surface area (Å²) in [5.74, 6) is 1.79. The summed E-state index contributed by atoms with van der Waals surface area (Å²) in [5, 5.41) is 4.60. The van der Waals surface area contributed by atoms with E-state index >= 15 is 0 Å². The number of ether oxygens (including phenoxy) is 1. The minimum absolute atomic E-state index is 0.874. The molecule has 0 N–H and O–H groups in total. The van der Waals surface area contributed by atoms with Gasteiger partial charge in [0.2, 0.25) is 0 Å². The third kappa shape index (κ3) is 3.75. The van der Waals surface area contributed by atoms with Gasteiger partial charge in [-0.05, 0) is 76.7 Å². The largest absolute Gasteiger partial charge is 0.456 e. The Bertz CT molecular complexity index is 2310. The highest BCUT2D eigenvalue weighted by Crippen LogP contribution is 2.48. The monoisotopic (exact) mass is 551 g/mol. The van der Waals surface area contributed by atoms with Crippen LogP contribution in [0.3, 0.4) is 0 Å². The quantitative estimate of drug-likeness (QED) is 0.218. The summed E-state index contributed by atoms with van der Waals surface area (Å²) >= 11 is 0. The fraction of sp³-hybridized carbons (Fsp3) is 0. The van der Waals surface area contributed by atoms with Crippen molar-refractivity contribution in [1.82, 2.24) is 0 Å². The SMILES string of the molecule is c1ccc(N(c2ccc(-c3ccc4c(c3)Oc3cccc5cccc-4c35)cc2)c2cccc3c2oc2ccccc23)cc1. The van der Waals surface area contributed by atoms with Crippen molar-refractivity contribution in [2.45, 2.75) is 0 Å². The second-order valence-corrected chi connectivity index (χ2v) is 10.9. The number of anilines is 3. The van der Waals surface area contributed by atoms with Gasteiger partial charge in [0.15, 0.2) is 5.58 Å².